The highest BCUT2D eigenvalue weighted by molar-refractivity contribution is 5.49. The molecule has 0 bridgehead atoms. The van der Waals surface area contributed by atoms with E-state index in [1.165, 1.54) is 25.7 Å². The molecule has 5 nitrogen and oxygen atoms in total. The minimum absolute atomic E-state index is 0.590. The Labute approximate surface area is 109 Å². The van der Waals surface area contributed by atoms with Gasteiger partial charge in [0.05, 0.1) is 0 Å². The maximum Gasteiger partial charge on any atom is 0.145 e. The van der Waals surface area contributed by atoms with Gasteiger partial charge in [-0.3, -0.25) is 0 Å². The number of hydrazine groups is 1. The molecule has 2 rings (SSSR count). The summed E-state index contributed by atoms with van der Waals surface area (Å²) in [6.07, 6.45) is 6.30. The molecule has 0 amide bonds. The van der Waals surface area contributed by atoms with E-state index in [4.69, 9.17) is 5.84 Å². The van der Waals surface area contributed by atoms with E-state index >= 15 is 0 Å². The molecule has 0 spiro atoms. The molecule has 1 aliphatic rings. The average Bonchev–Trinajstić information content (AvgIpc) is 2.62. The molecule has 0 radical (unpaired) electrons. The van der Waals surface area contributed by atoms with Crippen LogP contribution < -0.4 is 16.2 Å². The van der Waals surface area contributed by atoms with Gasteiger partial charge in [-0.05, 0) is 26.2 Å². The zero-order valence-electron chi connectivity index (χ0n) is 11.3. The van der Waals surface area contributed by atoms with Crippen LogP contribution in [0.25, 0.3) is 0 Å². The second-order valence-electron chi connectivity index (χ2n) is 4.91. The van der Waals surface area contributed by atoms with E-state index in [9.17, 15) is 0 Å². The topological polar surface area (TPSA) is 67.1 Å². The summed E-state index contributed by atoms with van der Waals surface area (Å²) >= 11 is 0. The monoisotopic (exact) mass is 249 g/mol. The van der Waals surface area contributed by atoms with Gasteiger partial charge in [0.2, 0.25) is 0 Å². The highest BCUT2D eigenvalue weighted by atomic mass is 15.3. The van der Waals surface area contributed by atoms with E-state index in [2.05, 4.69) is 27.2 Å². The molecular weight excluding hydrogens is 226 g/mol. The van der Waals surface area contributed by atoms with Crippen LogP contribution >= 0.6 is 0 Å². The Hall–Kier alpha value is -1.36. The van der Waals surface area contributed by atoms with Crippen LogP contribution in [-0.4, -0.2) is 22.6 Å². The van der Waals surface area contributed by atoms with Crippen LogP contribution in [0.15, 0.2) is 6.07 Å². The van der Waals surface area contributed by atoms with Crippen molar-refractivity contribution >= 4 is 11.6 Å². The summed E-state index contributed by atoms with van der Waals surface area (Å²) in [5.74, 6) is 7.92. The largest absolute Gasteiger partial charge is 0.353 e. The first kappa shape index (κ1) is 13.1. The highest BCUT2D eigenvalue weighted by Crippen LogP contribution is 2.25. The summed E-state index contributed by atoms with van der Waals surface area (Å²) in [6, 6.07) is 2.54. The van der Waals surface area contributed by atoms with Crippen LogP contribution in [0.2, 0.25) is 0 Å². The van der Waals surface area contributed by atoms with E-state index in [-0.39, 0.29) is 0 Å². The van der Waals surface area contributed by atoms with Gasteiger partial charge >= 0.3 is 0 Å². The predicted molar refractivity (Wildman–Crippen MR) is 74.5 cm³/mol. The molecule has 1 fully saturated rings. The van der Waals surface area contributed by atoms with Crippen LogP contribution in [0.5, 0.6) is 0 Å². The van der Waals surface area contributed by atoms with Crippen molar-refractivity contribution < 1.29 is 0 Å². The van der Waals surface area contributed by atoms with Crippen molar-refractivity contribution in [3.8, 4) is 0 Å². The standard InChI is InChI=1S/C13H23N5/c1-3-11-7-5-4-6-8-18(11)13-9-12(17-14)15-10(2)16-13/h9,11H,3-8,14H2,1-2H3,(H,15,16,17). The smallest absolute Gasteiger partial charge is 0.145 e. The van der Waals surface area contributed by atoms with Gasteiger partial charge in [0, 0.05) is 18.7 Å². The Morgan fingerprint density at radius 1 is 1.39 bits per heavy atom. The molecule has 1 atom stereocenters. The van der Waals surface area contributed by atoms with Crippen LogP contribution in [0.1, 0.15) is 44.9 Å². The van der Waals surface area contributed by atoms with Crippen LogP contribution in [0.3, 0.4) is 0 Å². The summed E-state index contributed by atoms with van der Waals surface area (Å²) in [7, 11) is 0. The lowest BCUT2D eigenvalue weighted by molar-refractivity contribution is 0.551. The molecule has 1 aromatic rings. The third-order valence-corrected chi connectivity index (χ3v) is 3.61. The van der Waals surface area contributed by atoms with Crippen molar-refractivity contribution in [1.82, 2.24) is 9.97 Å². The van der Waals surface area contributed by atoms with Crippen molar-refractivity contribution in [1.29, 1.82) is 0 Å². The number of aryl methyl sites for hydroxylation is 1. The van der Waals surface area contributed by atoms with Crippen LogP contribution in [-0.2, 0) is 0 Å². The Morgan fingerprint density at radius 2 is 2.22 bits per heavy atom. The quantitative estimate of drug-likeness (QED) is 0.635. The maximum absolute atomic E-state index is 5.46. The Balaban J connectivity index is 2.29. The molecule has 100 valence electrons. The third kappa shape index (κ3) is 2.90. The number of hydrogen-bond acceptors (Lipinski definition) is 5. The van der Waals surface area contributed by atoms with Crippen molar-refractivity contribution in [2.75, 3.05) is 16.9 Å². The van der Waals surface area contributed by atoms with Crippen molar-refractivity contribution in [3.05, 3.63) is 11.9 Å². The molecule has 18 heavy (non-hydrogen) atoms. The number of nitrogens with two attached hydrogens (primary N) is 1. The summed E-state index contributed by atoms with van der Waals surface area (Å²) in [5.41, 5.74) is 2.62. The number of rotatable bonds is 3. The van der Waals surface area contributed by atoms with E-state index < -0.39 is 0 Å². The van der Waals surface area contributed by atoms with Crippen LogP contribution in [0.4, 0.5) is 11.6 Å². The fourth-order valence-electron chi connectivity index (χ4n) is 2.68. The van der Waals surface area contributed by atoms with Crippen molar-refractivity contribution in [2.24, 2.45) is 5.84 Å². The molecule has 0 saturated carbocycles. The molecule has 1 aliphatic heterocycles. The molecule has 5 heteroatoms. The van der Waals surface area contributed by atoms with Crippen molar-refractivity contribution in [2.45, 2.75) is 52.0 Å². The predicted octanol–water partition coefficient (Wildman–Crippen LogP) is 2.23. The summed E-state index contributed by atoms with van der Waals surface area (Å²) in [6.45, 7) is 5.24. The second kappa shape index (κ2) is 6.00. The SMILES string of the molecule is CCC1CCCCCN1c1cc(NN)nc(C)n1. The molecule has 1 aromatic heterocycles. The number of nitrogens with one attached hydrogen (secondary N) is 1. The Kier molecular flexibility index (Phi) is 4.36. The first-order chi connectivity index (χ1) is 8.74. The van der Waals surface area contributed by atoms with E-state index in [1.807, 2.05) is 13.0 Å². The van der Waals surface area contributed by atoms with Gasteiger partial charge in [-0.15, -0.1) is 0 Å². The normalized spacial score (nSPS) is 20.6. The zero-order valence-corrected chi connectivity index (χ0v) is 11.3. The van der Waals surface area contributed by atoms with Gasteiger partial charge in [-0.25, -0.2) is 15.8 Å². The number of aromatic nitrogens is 2. The lowest BCUT2D eigenvalue weighted by Crippen LogP contribution is -2.35. The second-order valence-corrected chi connectivity index (χ2v) is 4.91. The molecule has 1 unspecified atom stereocenters. The molecule has 2 heterocycles. The summed E-state index contributed by atoms with van der Waals surface area (Å²) in [5, 5.41) is 0. The first-order valence-corrected chi connectivity index (χ1v) is 6.83. The molecule has 0 aliphatic carbocycles. The highest BCUT2D eigenvalue weighted by Gasteiger charge is 2.21. The summed E-state index contributed by atoms with van der Waals surface area (Å²) < 4.78 is 0. The molecule has 0 aromatic carbocycles. The van der Waals surface area contributed by atoms with E-state index in [0.29, 0.717) is 11.9 Å². The van der Waals surface area contributed by atoms with E-state index in [0.717, 1.165) is 24.6 Å². The lowest BCUT2D eigenvalue weighted by atomic mass is 10.1. The number of anilines is 2. The minimum Gasteiger partial charge on any atom is -0.353 e. The summed E-state index contributed by atoms with van der Waals surface area (Å²) in [4.78, 5) is 11.2. The Bertz CT molecular complexity index is 393. The van der Waals surface area contributed by atoms with Crippen LogP contribution in [0, 0.1) is 6.92 Å². The number of hydrogen-bond donors (Lipinski definition) is 2. The number of nitrogens with zero attached hydrogens (tertiary/aromatic N) is 3. The van der Waals surface area contributed by atoms with Gasteiger partial charge in [0.25, 0.3) is 0 Å². The minimum atomic E-state index is 0.590. The lowest BCUT2D eigenvalue weighted by Gasteiger charge is -2.30. The first-order valence-electron chi connectivity index (χ1n) is 6.83. The van der Waals surface area contributed by atoms with Gasteiger partial charge in [-0.2, -0.15) is 0 Å². The van der Waals surface area contributed by atoms with Gasteiger partial charge < -0.3 is 10.3 Å². The van der Waals surface area contributed by atoms with Gasteiger partial charge in [-0.1, -0.05) is 19.8 Å². The molecule has 1 saturated heterocycles. The Morgan fingerprint density at radius 3 is 2.94 bits per heavy atom. The fraction of sp³-hybridized carbons (Fsp3) is 0.692. The van der Waals surface area contributed by atoms with E-state index in [1.54, 1.807) is 0 Å². The average molecular weight is 249 g/mol. The van der Waals surface area contributed by atoms with Gasteiger partial charge in [0.15, 0.2) is 0 Å². The third-order valence-electron chi connectivity index (χ3n) is 3.61. The maximum atomic E-state index is 5.46. The molecule has 3 N–H and O–H groups in total. The van der Waals surface area contributed by atoms with Crippen molar-refractivity contribution in [3.63, 3.8) is 0 Å². The van der Waals surface area contributed by atoms with Gasteiger partial charge in [0.1, 0.15) is 17.5 Å². The molecular formula is C13H23N5. The fourth-order valence-corrected chi connectivity index (χ4v) is 2.68. The zero-order chi connectivity index (χ0) is 13.0. The number of nitrogen functional groups attached to an aromatic ring is 1.